The number of hydrogen-bond donors (Lipinski definition) is 1. The lowest BCUT2D eigenvalue weighted by molar-refractivity contribution is -0.113. The average Bonchev–Trinajstić information content (AvgIpc) is 2.55. The van der Waals surface area contributed by atoms with Crippen LogP contribution in [0.1, 0.15) is 16.7 Å². The zero-order chi connectivity index (χ0) is 15.8. The Kier molecular flexibility index (Phi) is 5.59. The minimum absolute atomic E-state index is 0.103. The molecule has 0 radical (unpaired) electrons. The van der Waals surface area contributed by atoms with Crippen LogP contribution in [0.25, 0.3) is 0 Å². The molecule has 4 nitrogen and oxygen atoms in total. The summed E-state index contributed by atoms with van der Waals surface area (Å²) < 4.78 is 0. The van der Waals surface area contributed by atoms with Gasteiger partial charge in [-0.2, -0.15) is 10.5 Å². The van der Waals surface area contributed by atoms with Gasteiger partial charge in [0.15, 0.2) is 0 Å². The maximum absolute atomic E-state index is 11.8. The maximum Gasteiger partial charge on any atom is 0.234 e. The maximum atomic E-state index is 11.8. The van der Waals surface area contributed by atoms with Gasteiger partial charge >= 0.3 is 0 Å². The number of anilines is 1. The summed E-state index contributed by atoms with van der Waals surface area (Å²) >= 11 is 1.50. The fourth-order valence-electron chi connectivity index (χ4n) is 1.80. The summed E-state index contributed by atoms with van der Waals surface area (Å²) in [6, 6.07) is 18.2. The van der Waals surface area contributed by atoms with Gasteiger partial charge in [-0.1, -0.05) is 18.2 Å². The van der Waals surface area contributed by atoms with E-state index in [-0.39, 0.29) is 5.91 Å². The summed E-state index contributed by atoms with van der Waals surface area (Å²) in [4.78, 5) is 11.8. The van der Waals surface area contributed by atoms with E-state index in [0.717, 1.165) is 5.56 Å². The van der Waals surface area contributed by atoms with Gasteiger partial charge in [-0.15, -0.1) is 11.8 Å². The molecule has 5 heteroatoms. The van der Waals surface area contributed by atoms with Crippen LogP contribution >= 0.6 is 11.8 Å². The standard InChI is InChI=1S/C17H13N3OS/c18-9-13-4-6-14(7-5-13)11-22-12-17(21)20-16-3-1-2-15(8-16)10-19/h1-8H,11-12H2,(H,20,21). The number of carbonyl (C=O) groups is 1. The van der Waals surface area contributed by atoms with Crippen LogP contribution in [0, 0.1) is 22.7 Å². The smallest absolute Gasteiger partial charge is 0.234 e. The molecule has 0 aromatic heterocycles. The van der Waals surface area contributed by atoms with E-state index in [1.54, 1.807) is 36.4 Å². The fraction of sp³-hybridized carbons (Fsp3) is 0.118. The van der Waals surface area contributed by atoms with Crippen LogP contribution in [-0.2, 0) is 10.5 Å². The van der Waals surface area contributed by atoms with Gasteiger partial charge in [0.25, 0.3) is 0 Å². The molecule has 0 bridgehead atoms. The van der Waals surface area contributed by atoms with Crippen LogP contribution < -0.4 is 5.32 Å². The first-order chi connectivity index (χ1) is 10.7. The Morgan fingerprint density at radius 1 is 1.05 bits per heavy atom. The van der Waals surface area contributed by atoms with Crippen LogP contribution in [0.5, 0.6) is 0 Å². The average molecular weight is 307 g/mol. The molecule has 2 rings (SSSR count). The number of rotatable bonds is 5. The second-order valence-electron chi connectivity index (χ2n) is 4.54. The molecule has 0 fully saturated rings. The molecular weight excluding hydrogens is 294 g/mol. The van der Waals surface area contributed by atoms with Crippen molar-refractivity contribution in [3.05, 3.63) is 65.2 Å². The van der Waals surface area contributed by atoms with E-state index in [1.165, 1.54) is 11.8 Å². The van der Waals surface area contributed by atoms with Crippen molar-refractivity contribution in [3.63, 3.8) is 0 Å². The molecule has 0 heterocycles. The van der Waals surface area contributed by atoms with Gasteiger partial charge in [0, 0.05) is 11.4 Å². The molecule has 0 aliphatic carbocycles. The number of nitrogens with one attached hydrogen (secondary N) is 1. The molecule has 0 aliphatic heterocycles. The number of carbonyl (C=O) groups excluding carboxylic acids is 1. The van der Waals surface area contributed by atoms with Crippen molar-refractivity contribution in [2.45, 2.75) is 5.75 Å². The Bertz CT molecular complexity index is 742. The molecule has 1 amide bonds. The molecule has 0 atom stereocenters. The molecule has 0 aliphatic rings. The SMILES string of the molecule is N#Cc1ccc(CSCC(=O)Nc2cccc(C#N)c2)cc1. The van der Waals surface area contributed by atoms with Gasteiger partial charge in [-0.25, -0.2) is 0 Å². The minimum Gasteiger partial charge on any atom is -0.325 e. The highest BCUT2D eigenvalue weighted by molar-refractivity contribution is 7.99. The molecule has 1 N–H and O–H groups in total. The van der Waals surface area contributed by atoms with E-state index in [9.17, 15) is 4.79 Å². The fourth-order valence-corrected chi connectivity index (χ4v) is 2.59. The predicted octanol–water partition coefficient (Wildman–Crippen LogP) is 3.30. The molecule has 0 saturated heterocycles. The highest BCUT2D eigenvalue weighted by Crippen LogP contribution is 2.14. The lowest BCUT2D eigenvalue weighted by Gasteiger charge is -2.05. The number of hydrogen-bond acceptors (Lipinski definition) is 4. The lowest BCUT2D eigenvalue weighted by Crippen LogP contribution is -2.14. The van der Waals surface area contributed by atoms with Crippen molar-refractivity contribution in [2.75, 3.05) is 11.1 Å². The zero-order valence-corrected chi connectivity index (χ0v) is 12.6. The Morgan fingerprint density at radius 3 is 2.45 bits per heavy atom. The van der Waals surface area contributed by atoms with Crippen LogP contribution in [0.2, 0.25) is 0 Å². The summed E-state index contributed by atoms with van der Waals surface area (Å²) in [5.41, 5.74) is 2.85. The van der Waals surface area contributed by atoms with Crippen molar-refractivity contribution >= 4 is 23.4 Å². The second-order valence-corrected chi connectivity index (χ2v) is 5.53. The molecule has 2 aromatic carbocycles. The van der Waals surface area contributed by atoms with Crippen molar-refractivity contribution in [3.8, 4) is 12.1 Å². The molecular formula is C17H13N3OS. The quantitative estimate of drug-likeness (QED) is 0.919. The zero-order valence-electron chi connectivity index (χ0n) is 11.7. The Labute approximate surface area is 133 Å². The van der Waals surface area contributed by atoms with Crippen molar-refractivity contribution in [1.29, 1.82) is 10.5 Å². The molecule has 0 spiro atoms. The summed E-state index contributed by atoms with van der Waals surface area (Å²) in [7, 11) is 0. The van der Waals surface area contributed by atoms with Crippen molar-refractivity contribution in [2.24, 2.45) is 0 Å². The first kappa shape index (κ1) is 15.6. The third-order valence-electron chi connectivity index (χ3n) is 2.86. The third-order valence-corrected chi connectivity index (χ3v) is 3.86. The Hall–Kier alpha value is -2.76. The monoisotopic (exact) mass is 307 g/mol. The topological polar surface area (TPSA) is 76.7 Å². The van der Waals surface area contributed by atoms with E-state index in [0.29, 0.717) is 28.3 Å². The number of nitriles is 2. The van der Waals surface area contributed by atoms with Gasteiger partial charge in [0.2, 0.25) is 5.91 Å². The van der Waals surface area contributed by atoms with Gasteiger partial charge in [0.05, 0.1) is 29.0 Å². The number of thioether (sulfide) groups is 1. The van der Waals surface area contributed by atoms with Crippen molar-refractivity contribution < 1.29 is 4.79 Å². The third kappa shape index (κ3) is 4.66. The Balaban J connectivity index is 1.80. The summed E-state index contributed by atoms with van der Waals surface area (Å²) in [6.07, 6.45) is 0. The highest BCUT2D eigenvalue weighted by atomic mass is 32.2. The predicted molar refractivity (Wildman–Crippen MR) is 87.1 cm³/mol. The van der Waals surface area contributed by atoms with Gasteiger partial charge in [-0.05, 0) is 35.9 Å². The van der Waals surface area contributed by atoms with E-state index in [2.05, 4.69) is 11.4 Å². The summed E-state index contributed by atoms with van der Waals surface area (Å²) in [5.74, 6) is 0.933. The van der Waals surface area contributed by atoms with Gasteiger partial charge in [-0.3, -0.25) is 4.79 Å². The first-order valence-electron chi connectivity index (χ1n) is 6.58. The van der Waals surface area contributed by atoms with Gasteiger partial charge < -0.3 is 5.32 Å². The number of benzene rings is 2. The molecule has 0 saturated carbocycles. The van der Waals surface area contributed by atoms with E-state index in [4.69, 9.17) is 10.5 Å². The molecule has 22 heavy (non-hydrogen) atoms. The highest BCUT2D eigenvalue weighted by Gasteiger charge is 2.04. The Morgan fingerprint density at radius 2 is 1.77 bits per heavy atom. The van der Waals surface area contributed by atoms with E-state index >= 15 is 0 Å². The number of nitrogens with zero attached hydrogens (tertiary/aromatic N) is 2. The summed E-state index contributed by atoms with van der Waals surface area (Å²) in [6.45, 7) is 0. The first-order valence-corrected chi connectivity index (χ1v) is 7.73. The van der Waals surface area contributed by atoms with Crippen LogP contribution in [0.3, 0.4) is 0 Å². The van der Waals surface area contributed by atoms with Crippen LogP contribution in [0.15, 0.2) is 48.5 Å². The summed E-state index contributed by atoms with van der Waals surface area (Å²) in [5, 5.41) is 20.3. The molecule has 108 valence electrons. The minimum atomic E-state index is -0.103. The van der Waals surface area contributed by atoms with Crippen LogP contribution in [-0.4, -0.2) is 11.7 Å². The van der Waals surface area contributed by atoms with E-state index < -0.39 is 0 Å². The van der Waals surface area contributed by atoms with E-state index in [1.807, 2.05) is 18.2 Å². The van der Waals surface area contributed by atoms with Crippen molar-refractivity contribution in [1.82, 2.24) is 0 Å². The van der Waals surface area contributed by atoms with Gasteiger partial charge in [0.1, 0.15) is 0 Å². The molecule has 0 unspecified atom stereocenters. The second kappa shape index (κ2) is 7.87. The number of amides is 1. The largest absolute Gasteiger partial charge is 0.325 e. The normalized spacial score (nSPS) is 9.55. The van der Waals surface area contributed by atoms with Crippen LogP contribution in [0.4, 0.5) is 5.69 Å². The lowest BCUT2D eigenvalue weighted by atomic mass is 10.2. The molecule has 2 aromatic rings.